The predicted molar refractivity (Wildman–Crippen MR) is 57.2 cm³/mol. The molecule has 1 amide bonds. The van der Waals surface area contributed by atoms with Crippen molar-refractivity contribution in [1.29, 1.82) is 0 Å². The molecule has 0 atom stereocenters. The molecule has 0 fully saturated rings. The van der Waals surface area contributed by atoms with E-state index in [1.807, 2.05) is 0 Å². The van der Waals surface area contributed by atoms with E-state index in [4.69, 9.17) is 17.5 Å². The minimum atomic E-state index is -4.67. The smallest absolute Gasteiger partial charge is 0.302 e. The molecular formula is C5H7N3O7S2. The molecule has 0 aliphatic carbocycles. The van der Waals surface area contributed by atoms with Gasteiger partial charge in [0.2, 0.25) is 5.91 Å². The fraction of sp³-hybridized carbons (Fsp3) is 0.200. The van der Waals surface area contributed by atoms with Gasteiger partial charge in [0.25, 0.3) is 0 Å². The van der Waals surface area contributed by atoms with Crippen molar-refractivity contribution in [2.45, 2.75) is 6.92 Å². The fourth-order valence-corrected chi connectivity index (χ4v) is 1.24. The SMILES string of the molecule is CC(=O)Nc1ncc([N+](=O)[O-])s1.O=S(=O)(O)O. The lowest BCUT2D eigenvalue weighted by Crippen LogP contribution is -2.04. The van der Waals surface area contributed by atoms with Gasteiger partial charge in [-0.3, -0.25) is 24.0 Å². The Morgan fingerprint density at radius 1 is 1.59 bits per heavy atom. The molecule has 0 unspecified atom stereocenters. The normalized spacial score (nSPS) is 10.1. The van der Waals surface area contributed by atoms with Crippen LogP contribution in [0.15, 0.2) is 6.20 Å². The zero-order valence-corrected chi connectivity index (χ0v) is 9.86. The van der Waals surface area contributed by atoms with Crippen LogP contribution in [0, 0.1) is 10.1 Å². The van der Waals surface area contributed by atoms with Crippen molar-refractivity contribution >= 4 is 37.8 Å². The van der Waals surface area contributed by atoms with Crippen LogP contribution in [0.2, 0.25) is 0 Å². The molecule has 1 aromatic heterocycles. The van der Waals surface area contributed by atoms with E-state index in [1.54, 1.807) is 0 Å². The van der Waals surface area contributed by atoms with Crippen LogP contribution in [0.1, 0.15) is 6.92 Å². The molecule has 0 aliphatic heterocycles. The molecule has 0 radical (unpaired) electrons. The first-order chi connectivity index (χ1) is 7.59. The van der Waals surface area contributed by atoms with Gasteiger partial charge in [0, 0.05) is 6.92 Å². The summed E-state index contributed by atoms with van der Waals surface area (Å²) in [4.78, 5) is 23.7. The summed E-state index contributed by atoms with van der Waals surface area (Å²) in [5.74, 6) is -0.292. The van der Waals surface area contributed by atoms with Gasteiger partial charge in [-0.15, -0.1) is 0 Å². The van der Waals surface area contributed by atoms with Crippen LogP contribution >= 0.6 is 11.3 Å². The van der Waals surface area contributed by atoms with Crippen molar-refractivity contribution in [1.82, 2.24) is 4.98 Å². The van der Waals surface area contributed by atoms with Crippen LogP contribution in [0.5, 0.6) is 0 Å². The van der Waals surface area contributed by atoms with Gasteiger partial charge in [-0.2, -0.15) is 8.42 Å². The molecule has 0 aromatic carbocycles. The highest BCUT2D eigenvalue weighted by molar-refractivity contribution is 7.79. The molecule has 1 rings (SSSR count). The van der Waals surface area contributed by atoms with Crippen LogP contribution in [0.4, 0.5) is 10.1 Å². The van der Waals surface area contributed by atoms with Crippen molar-refractivity contribution in [2.75, 3.05) is 5.32 Å². The molecule has 10 nitrogen and oxygen atoms in total. The molecule has 1 heterocycles. The summed E-state index contributed by atoms with van der Waals surface area (Å²) >= 11 is 0.827. The van der Waals surface area contributed by atoms with Gasteiger partial charge in [-0.25, -0.2) is 4.98 Å². The largest absolute Gasteiger partial charge is 0.394 e. The summed E-state index contributed by atoms with van der Waals surface area (Å²) in [6.07, 6.45) is 1.11. The van der Waals surface area contributed by atoms with Crippen LogP contribution in [-0.2, 0) is 15.2 Å². The number of hydrogen-bond acceptors (Lipinski definition) is 7. The molecule has 3 N–H and O–H groups in total. The Morgan fingerprint density at radius 2 is 2.06 bits per heavy atom. The highest BCUT2D eigenvalue weighted by atomic mass is 32.3. The van der Waals surface area contributed by atoms with E-state index in [2.05, 4.69) is 10.3 Å². The lowest BCUT2D eigenvalue weighted by atomic mass is 10.7. The third-order valence-corrected chi connectivity index (χ3v) is 1.82. The van der Waals surface area contributed by atoms with Crippen LogP contribution in [0.3, 0.4) is 0 Å². The van der Waals surface area contributed by atoms with Gasteiger partial charge in [-0.05, 0) is 11.3 Å². The molecule has 12 heteroatoms. The van der Waals surface area contributed by atoms with Crippen molar-refractivity contribution in [3.05, 3.63) is 16.3 Å². The van der Waals surface area contributed by atoms with E-state index in [1.165, 1.54) is 6.92 Å². The van der Waals surface area contributed by atoms with E-state index >= 15 is 0 Å². The quantitative estimate of drug-likeness (QED) is 0.398. The molecule has 96 valence electrons. The Hall–Kier alpha value is -1.63. The van der Waals surface area contributed by atoms with E-state index in [0.29, 0.717) is 0 Å². The molecule has 0 bridgehead atoms. The average Bonchev–Trinajstić information content (AvgIpc) is 2.47. The lowest BCUT2D eigenvalue weighted by molar-refractivity contribution is -0.380. The number of aromatic nitrogens is 1. The Morgan fingerprint density at radius 3 is 2.35 bits per heavy atom. The summed E-state index contributed by atoms with van der Waals surface area (Å²) in [6.45, 7) is 1.31. The number of nitro groups is 1. The monoisotopic (exact) mass is 285 g/mol. The van der Waals surface area contributed by atoms with Gasteiger partial charge in [0.1, 0.15) is 6.20 Å². The second kappa shape index (κ2) is 6.19. The first kappa shape index (κ1) is 15.4. The van der Waals surface area contributed by atoms with Gasteiger partial charge >= 0.3 is 15.4 Å². The van der Waals surface area contributed by atoms with E-state index in [9.17, 15) is 14.9 Å². The number of rotatable bonds is 2. The number of carbonyl (C=O) groups excluding carboxylic acids is 1. The maximum Gasteiger partial charge on any atom is 0.394 e. The molecule has 1 aromatic rings. The summed E-state index contributed by atoms with van der Waals surface area (Å²) < 4.78 is 31.6. The number of carbonyl (C=O) groups is 1. The number of thiazole rings is 1. The van der Waals surface area contributed by atoms with E-state index in [0.717, 1.165) is 17.5 Å². The van der Waals surface area contributed by atoms with Gasteiger partial charge < -0.3 is 5.32 Å². The average molecular weight is 285 g/mol. The first-order valence-electron chi connectivity index (χ1n) is 3.67. The minimum absolute atomic E-state index is 0.0845. The number of hydrogen-bond donors (Lipinski definition) is 3. The predicted octanol–water partition coefficient (Wildman–Crippen LogP) is 0.357. The van der Waals surface area contributed by atoms with Gasteiger partial charge in [-0.1, -0.05) is 0 Å². The minimum Gasteiger partial charge on any atom is -0.302 e. The van der Waals surface area contributed by atoms with Crippen molar-refractivity contribution in [3.63, 3.8) is 0 Å². The third-order valence-electron chi connectivity index (χ3n) is 0.956. The topological polar surface area (TPSA) is 160 Å². The molecule has 17 heavy (non-hydrogen) atoms. The van der Waals surface area contributed by atoms with Crippen molar-refractivity contribution in [2.24, 2.45) is 0 Å². The maximum atomic E-state index is 10.5. The maximum absolute atomic E-state index is 10.5. The number of nitrogens with zero attached hydrogens (tertiary/aromatic N) is 2. The van der Waals surface area contributed by atoms with Gasteiger partial charge in [0.05, 0.1) is 4.92 Å². The van der Waals surface area contributed by atoms with Crippen LogP contribution in [-0.4, -0.2) is 33.3 Å². The summed E-state index contributed by atoms with van der Waals surface area (Å²) in [5.41, 5.74) is 0. The third kappa shape index (κ3) is 9.31. The summed E-state index contributed by atoms with van der Waals surface area (Å²) in [6, 6.07) is 0. The van der Waals surface area contributed by atoms with Crippen LogP contribution in [0.25, 0.3) is 0 Å². The Bertz CT molecular complexity index is 499. The number of nitrogens with one attached hydrogen (secondary N) is 1. The van der Waals surface area contributed by atoms with Crippen molar-refractivity contribution in [3.8, 4) is 0 Å². The fourth-order valence-electron chi connectivity index (χ4n) is 0.558. The summed E-state index contributed by atoms with van der Waals surface area (Å²) in [7, 11) is -4.67. The summed E-state index contributed by atoms with van der Waals surface area (Å²) in [5, 5.41) is 12.7. The molecule has 0 saturated heterocycles. The van der Waals surface area contributed by atoms with E-state index < -0.39 is 15.3 Å². The number of amides is 1. The molecule has 0 aliphatic rings. The number of anilines is 1. The van der Waals surface area contributed by atoms with Gasteiger partial charge in [0.15, 0.2) is 5.13 Å². The first-order valence-corrected chi connectivity index (χ1v) is 5.88. The Kier molecular flexibility index (Phi) is 5.60. The highest BCUT2D eigenvalue weighted by Crippen LogP contribution is 2.24. The standard InChI is InChI=1S/C5H5N3O3S.H2O4S/c1-3(9)7-5-6-2-4(12-5)8(10)11;1-5(2,3)4/h2H,1H3,(H,6,7,9);(H2,1,2,3,4). The zero-order valence-electron chi connectivity index (χ0n) is 8.22. The lowest BCUT2D eigenvalue weighted by Gasteiger charge is -1.90. The Labute approximate surface area is 99.0 Å². The second-order valence-electron chi connectivity index (χ2n) is 2.39. The highest BCUT2D eigenvalue weighted by Gasteiger charge is 2.11. The Balaban J connectivity index is 0.000000437. The van der Waals surface area contributed by atoms with E-state index in [-0.39, 0.29) is 16.0 Å². The second-order valence-corrected chi connectivity index (χ2v) is 4.29. The zero-order chi connectivity index (χ0) is 13.6. The van der Waals surface area contributed by atoms with Crippen molar-refractivity contribution < 1.29 is 27.2 Å². The molecular weight excluding hydrogens is 278 g/mol. The molecule has 0 spiro atoms. The molecule has 0 saturated carbocycles. The van der Waals surface area contributed by atoms with Crippen LogP contribution < -0.4 is 5.32 Å².